The first-order chi connectivity index (χ1) is 16.1. The van der Waals surface area contributed by atoms with Crippen molar-refractivity contribution in [2.45, 2.75) is 58.7 Å². The zero-order valence-electron chi connectivity index (χ0n) is 20.2. The molecule has 0 unspecified atom stereocenters. The lowest BCUT2D eigenvalue weighted by Gasteiger charge is -2.31. The second-order valence-corrected chi connectivity index (χ2v) is 9.31. The molecule has 2 heterocycles. The van der Waals surface area contributed by atoms with Crippen LogP contribution in [0.4, 0.5) is 0 Å². The number of fused-ring (bicyclic) bond motifs is 1. The third-order valence-electron chi connectivity index (χ3n) is 6.96. The van der Waals surface area contributed by atoms with Gasteiger partial charge in [-0.15, -0.1) is 0 Å². The highest BCUT2D eigenvalue weighted by atomic mass is 16.5. The Morgan fingerprint density at radius 1 is 1.15 bits per heavy atom. The predicted molar refractivity (Wildman–Crippen MR) is 135 cm³/mol. The van der Waals surface area contributed by atoms with Crippen LogP contribution in [0.25, 0.3) is 10.9 Å². The van der Waals surface area contributed by atoms with Crippen LogP contribution in [-0.2, 0) is 24.3 Å². The molecule has 0 radical (unpaired) electrons. The van der Waals surface area contributed by atoms with Crippen LogP contribution in [0.5, 0.6) is 5.75 Å². The van der Waals surface area contributed by atoms with E-state index in [-0.39, 0.29) is 17.9 Å². The van der Waals surface area contributed by atoms with Gasteiger partial charge in [-0.25, -0.2) is 0 Å². The highest BCUT2D eigenvalue weighted by Gasteiger charge is 2.26. The van der Waals surface area contributed by atoms with Crippen LogP contribution in [-0.4, -0.2) is 41.6 Å². The number of aryl methyl sites for hydroxylation is 2. The van der Waals surface area contributed by atoms with Crippen molar-refractivity contribution in [3.8, 4) is 5.75 Å². The van der Waals surface area contributed by atoms with Crippen molar-refractivity contribution in [1.82, 2.24) is 14.8 Å². The van der Waals surface area contributed by atoms with E-state index in [9.17, 15) is 4.79 Å². The highest BCUT2D eigenvalue weighted by Crippen LogP contribution is 2.28. The summed E-state index contributed by atoms with van der Waals surface area (Å²) in [7, 11) is 1.72. The molecule has 1 atom stereocenters. The molecule has 1 saturated heterocycles. The van der Waals surface area contributed by atoms with Crippen molar-refractivity contribution in [2.24, 2.45) is 5.92 Å². The van der Waals surface area contributed by atoms with Crippen LogP contribution in [0.1, 0.15) is 44.2 Å². The van der Waals surface area contributed by atoms with E-state index < -0.39 is 0 Å². The summed E-state index contributed by atoms with van der Waals surface area (Å²) in [6.45, 7) is 8.08. The lowest BCUT2D eigenvalue weighted by Crippen LogP contribution is -2.43. The first-order valence-corrected chi connectivity index (χ1v) is 12.3. The highest BCUT2D eigenvalue weighted by molar-refractivity contribution is 5.85. The number of aromatic nitrogens is 1. The number of nitrogens with zero attached hydrogens (tertiary/aromatic N) is 2. The second kappa shape index (κ2) is 10.9. The minimum Gasteiger partial charge on any atom is -0.497 e. The van der Waals surface area contributed by atoms with Gasteiger partial charge >= 0.3 is 0 Å². The second-order valence-electron chi connectivity index (χ2n) is 9.31. The van der Waals surface area contributed by atoms with Gasteiger partial charge in [0.15, 0.2) is 0 Å². The number of methoxy groups -OCH3 is 1. The first-order valence-electron chi connectivity index (χ1n) is 12.3. The molecule has 0 saturated carbocycles. The molecule has 2 aromatic carbocycles. The van der Waals surface area contributed by atoms with Crippen molar-refractivity contribution in [1.29, 1.82) is 0 Å². The average Bonchev–Trinajstić information content (AvgIpc) is 3.20. The molecular weight excluding hydrogens is 410 g/mol. The number of piperidine rings is 1. The Kier molecular flexibility index (Phi) is 7.71. The third-order valence-corrected chi connectivity index (χ3v) is 6.96. The average molecular weight is 448 g/mol. The van der Waals surface area contributed by atoms with Gasteiger partial charge < -0.3 is 14.6 Å². The van der Waals surface area contributed by atoms with Crippen LogP contribution in [0, 0.1) is 5.92 Å². The van der Waals surface area contributed by atoms with Crippen LogP contribution < -0.4 is 10.1 Å². The molecule has 0 spiro atoms. The normalized spacial score (nSPS) is 16.1. The topological polar surface area (TPSA) is 46.5 Å². The van der Waals surface area contributed by atoms with Gasteiger partial charge in [0.05, 0.1) is 7.11 Å². The number of carbonyl (C=O) groups is 1. The van der Waals surface area contributed by atoms with E-state index in [2.05, 4.69) is 71.2 Å². The zero-order valence-corrected chi connectivity index (χ0v) is 20.2. The smallest absolute Gasteiger partial charge is 0.223 e. The number of carbonyl (C=O) groups excluding carboxylic acids is 1. The van der Waals surface area contributed by atoms with Crippen molar-refractivity contribution in [3.63, 3.8) is 0 Å². The van der Waals surface area contributed by atoms with E-state index >= 15 is 0 Å². The van der Waals surface area contributed by atoms with E-state index in [0.29, 0.717) is 0 Å². The van der Waals surface area contributed by atoms with Gasteiger partial charge in [-0.3, -0.25) is 9.69 Å². The number of nitrogens with one attached hydrogen (secondary N) is 1. The van der Waals surface area contributed by atoms with E-state index in [1.54, 1.807) is 7.11 Å². The maximum Gasteiger partial charge on any atom is 0.223 e. The van der Waals surface area contributed by atoms with Gasteiger partial charge in [-0.05, 0) is 81.9 Å². The van der Waals surface area contributed by atoms with Gasteiger partial charge in [-0.1, -0.05) is 30.3 Å². The molecule has 1 aromatic heterocycles. The van der Waals surface area contributed by atoms with Crippen LogP contribution in [0.2, 0.25) is 0 Å². The number of hydrogen-bond donors (Lipinski definition) is 1. The first kappa shape index (κ1) is 23.4. The summed E-state index contributed by atoms with van der Waals surface area (Å²) in [5.74, 6) is 1.24. The Hall–Kier alpha value is -2.79. The molecular formula is C28H37N3O2. The fourth-order valence-corrected chi connectivity index (χ4v) is 4.92. The Balaban J connectivity index is 1.28. The zero-order chi connectivity index (χ0) is 23.2. The molecule has 4 rings (SSSR count). The standard InChI is InChI=1S/C28H37N3O2/c1-4-31-20-24(26-18-25(33-3)12-13-27(26)31)19-30-16-14-23(15-17-30)28(32)29-21(2)10-11-22-8-6-5-7-9-22/h5-9,12-13,18,20-21,23H,4,10-11,14-17,19H2,1-3H3,(H,29,32)/t21-/m0/s1. The quantitative estimate of drug-likeness (QED) is 0.501. The monoisotopic (exact) mass is 447 g/mol. The largest absolute Gasteiger partial charge is 0.497 e. The van der Waals surface area contributed by atoms with Crippen molar-refractivity contribution < 1.29 is 9.53 Å². The molecule has 3 aromatic rings. The van der Waals surface area contributed by atoms with Gasteiger partial charge in [0.2, 0.25) is 5.91 Å². The molecule has 0 aliphatic carbocycles. The predicted octanol–water partition coefficient (Wildman–Crippen LogP) is 5.02. The van der Waals surface area contributed by atoms with Crippen LogP contribution in [0.3, 0.4) is 0 Å². The fraction of sp³-hybridized carbons (Fsp3) is 0.464. The molecule has 5 nitrogen and oxygen atoms in total. The number of ether oxygens (including phenoxy) is 1. The summed E-state index contributed by atoms with van der Waals surface area (Å²) >= 11 is 0. The minimum absolute atomic E-state index is 0.123. The summed E-state index contributed by atoms with van der Waals surface area (Å²) in [6.07, 6.45) is 6.09. The van der Waals surface area contributed by atoms with Crippen molar-refractivity contribution >= 4 is 16.8 Å². The number of benzene rings is 2. The van der Waals surface area contributed by atoms with E-state index in [1.807, 2.05) is 12.1 Å². The molecule has 5 heteroatoms. The Labute approximate surface area is 197 Å². The maximum atomic E-state index is 12.8. The molecule has 1 fully saturated rings. The summed E-state index contributed by atoms with van der Waals surface area (Å²) in [4.78, 5) is 15.3. The fourth-order valence-electron chi connectivity index (χ4n) is 4.92. The third kappa shape index (κ3) is 5.77. The molecule has 1 aliphatic rings. The molecule has 1 aliphatic heterocycles. The Morgan fingerprint density at radius 3 is 2.61 bits per heavy atom. The molecule has 176 valence electrons. The van der Waals surface area contributed by atoms with Gasteiger partial charge in [0, 0.05) is 42.1 Å². The van der Waals surface area contributed by atoms with Crippen molar-refractivity contribution in [3.05, 3.63) is 65.9 Å². The molecule has 0 bridgehead atoms. The molecule has 1 N–H and O–H groups in total. The van der Waals surface area contributed by atoms with E-state index in [0.717, 1.165) is 57.6 Å². The van der Waals surface area contributed by atoms with Crippen LogP contribution in [0.15, 0.2) is 54.7 Å². The summed E-state index contributed by atoms with van der Waals surface area (Å²) in [5, 5.41) is 4.52. The summed E-state index contributed by atoms with van der Waals surface area (Å²) in [6, 6.07) is 17.0. The Bertz CT molecular complexity index is 1050. The summed E-state index contributed by atoms with van der Waals surface area (Å²) in [5.41, 5.74) is 3.92. The lowest BCUT2D eigenvalue weighted by atomic mass is 9.95. The van der Waals surface area contributed by atoms with Gasteiger partial charge in [-0.2, -0.15) is 0 Å². The SMILES string of the molecule is CCn1cc(CN2CCC(C(=O)N[C@@H](C)CCc3ccccc3)CC2)c2cc(OC)ccc21. The molecule has 1 amide bonds. The number of likely N-dealkylation sites (tertiary alicyclic amines) is 1. The number of amides is 1. The maximum absolute atomic E-state index is 12.8. The van der Waals surface area contributed by atoms with Crippen LogP contribution >= 0.6 is 0 Å². The van der Waals surface area contributed by atoms with E-state index in [4.69, 9.17) is 4.74 Å². The van der Waals surface area contributed by atoms with E-state index in [1.165, 1.54) is 22.0 Å². The number of hydrogen-bond acceptors (Lipinski definition) is 3. The molecule has 33 heavy (non-hydrogen) atoms. The van der Waals surface area contributed by atoms with Gasteiger partial charge in [0.25, 0.3) is 0 Å². The summed E-state index contributed by atoms with van der Waals surface area (Å²) < 4.78 is 7.76. The van der Waals surface area contributed by atoms with Crippen molar-refractivity contribution in [2.75, 3.05) is 20.2 Å². The minimum atomic E-state index is 0.123. The Morgan fingerprint density at radius 2 is 1.91 bits per heavy atom. The number of rotatable bonds is 9. The van der Waals surface area contributed by atoms with Gasteiger partial charge in [0.1, 0.15) is 5.75 Å². The lowest BCUT2D eigenvalue weighted by molar-refractivity contribution is -0.127.